The molecule has 3 heterocycles. The summed E-state index contributed by atoms with van der Waals surface area (Å²) in [4.78, 5) is 51.0. The number of aromatic nitrogens is 3. The summed E-state index contributed by atoms with van der Waals surface area (Å²) in [5.74, 6) is 0.471. The summed E-state index contributed by atoms with van der Waals surface area (Å²) >= 11 is 0. The lowest BCUT2D eigenvalue weighted by Gasteiger charge is -2.21. The van der Waals surface area contributed by atoms with Crippen LogP contribution in [0.1, 0.15) is 27.6 Å². The number of anilines is 3. The van der Waals surface area contributed by atoms with E-state index in [1.807, 2.05) is 18.2 Å². The molecule has 162 valence electrons. The minimum Gasteiger partial charge on any atom is -0.368 e. The number of carbonyl (C=O) groups is 3. The molecular formula is C22H21N7O3. The van der Waals surface area contributed by atoms with Crippen molar-refractivity contribution in [3.8, 4) is 0 Å². The molecule has 3 aromatic rings. The highest BCUT2D eigenvalue weighted by Gasteiger charge is 2.40. The van der Waals surface area contributed by atoms with Crippen LogP contribution in [-0.2, 0) is 4.79 Å². The Morgan fingerprint density at radius 1 is 0.906 bits per heavy atom. The van der Waals surface area contributed by atoms with Gasteiger partial charge >= 0.3 is 0 Å². The maximum atomic E-state index is 12.5. The number of hydrogen-bond donors (Lipinski definition) is 3. The molecule has 10 heteroatoms. The molecule has 0 fully saturated rings. The van der Waals surface area contributed by atoms with Crippen molar-refractivity contribution in [2.45, 2.75) is 13.0 Å². The van der Waals surface area contributed by atoms with Gasteiger partial charge in [0.1, 0.15) is 29.8 Å². The number of amides is 3. The molecule has 0 radical (unpaired) electrons. The van der Waals surface area contributed by atoms with Gasteiger partial charge in [0.05, 0.1) is 11.1 Å². The standard InChI is InChI=1S/C22H21N7O3/c1-14(29-21(31)15-6-2-3-7-16(15)22(29)32)20(30)25-11-10-24-18-12-19(27-13-26-18)28-17-8-4-5-9-23-17/h2-9,12-14H,10-11H2,1H3,(H,25,30)(H2,23,24,26,27,28). The smallest absolute Gasteiger partial charge is 0.262 e. The topological polar surface area (TPSA) is 129 Å². The second-order valence-electron chi connectivity index (χ2n) is 7.05. The molecule has 0 saturated carbocycles. The van der Waals surface area contributed by atoms with Gasteiger partial charge in [0, 0.05) is 25.4 Å². The van der Waals surface area contributed by atoms with Gasteiger partial charge in [0.2, 0.25) is 5.91 Å². The van der Waals surface area contributed by atoms with Gasteiger partial charge in [-0.1, -0.05) is 18.2 Å². The Kier molecular flexibility index (Phi) is 6.02. The van der Waals surface area contributed by atoms with Crippen LogP contribution in [0.2, 0.25) is 0 Å². The number of carbonyl (C=O) groups excluding carboxylic acids is 3. The summed E-state index contributed by atoms with van der Waals surface area (Å²) in [5.41, 5.74) is 0.635. The first-order valence-corrected chi connectivity index (χ1v) is 10.0. The van der Waals surface area contributed by atoms with E-state index in [1.54, 1.807) is 36.5 Å². The van der Waals surface area contributed by atoms with Crippen LogP contribution in [0, 0.1) is 0 Å². The minimum absolute atomic E-state index is 0.277. The number of fused-ring (bicyclic) bond motifs is 1. The van der Waals surface area contributed by atoms with Crippen molar-refractivity contribution in [1.82, 2.24) is 25.2 Å². The first-order valence-electron chi connectivity index (χ1n) is 10.0. The summed E-state index contributed by atoms with van der Waals surface area (Å²) in [6, 6.07) is 12.9. The van der Waals surface area contributed by atoms with Crippen molar-refractivity contribution in [2.24, 2.45) is 0 Å². The van der Waals surface area contributed by atoms with Crippen molar-refractivity contribution in [1.29, 1.82) is 0 Å². The van der Waals surface area contributed by atoms with Crippen molar-refractivity contribution in [3.05, 3.63) is 72.2 Å². The van der Waals surface area contributed by atoms with Gasteiger partial charge in [-0.2, -0.15) is 0 Å². The molecule has 3 amide bonds. The highest BCUT2D eigenvalue weighted by molar-refractivity contribution is 6.22. The number of nitrogens with zero attached hydrogens (tertiary/aromatic N) is 4. The van der Waals surface area contributed by atoms with Gasteiger partial charge in [0.15, 0.2) is 0 Å². The van der Waals surface area contributed by atoms with E-state index in [-0.39, 0.29) is 6.54 Å². The highest BCUT2D eigenvalue weighted by atomic mass is 16.2. The minimum atomic E-state index is -0.921. The van der Waals surface area contributed by atoms with Crippen molar-refractivity contribution >= 4 is 35.2 Å². The second kappa shape index (κ2) is 9.21. The SMILES string of the molecule is CC(C(=O)NCCNc1cc(Nc2ccccn2)ncn1)N1C(=O)c2ccccc2C1=O. The maximum absolute atomic E-state index is 12.5. The summed E-state index contributed by atoms with van der Waals surface area (Å²) in [7, 11) is 0. The summed E-state index contributed by atoms with van der Waals surface area (Å²) in [5, 5.41) is 8.90. The molecular weight excluding hydrogens is 410 g/mol. The van der Waals surface area contributed by atoms with Gasteiger partial charge in [-0.05, 0) is 31.2 Å². The average molecular weight is 431 g/mol. The fraction of sp³-hybridized carbons (Fsp3) is 0.182. The largest absolute Gasteiger partial charge is 0.368 e. The maximum Gasteiger partial charge on any atom is 0.262 e. The molecule has 0 spiro atoms. The van der Waals surface area contributed by atoms with Crippen molar-refractivity contribution in [3.63, 3.8) is 0 Å². The zero-order valence-electron chi connectivity index (χ0n) is 17.3. The Balaban J connectivity index is 1.27. The second-order valence-corrected chi connectivity index (χ2v) is 7.05. The molecule has 10 nitrogen and oxygen atoms in total. The number of rotatable bonds is 8. The van der Waals surface area contributed by atoms with E-state index in [0.29, 0.717) is 35.1 Å². The van der Waals surface area contributed by atoms with Gasteiger partial charge in [-0.3, -0.25) is 19.3 Å². The lowest BCUT2D eigenvalue weighted by molar-refractivity contribution is -0.124. The predicted molar refractivity (Wildman–Crippen MR) is 117 cm³/mol. The van der Waals surface area contributed by atoms with Crippen LogP contribution in [0.25, 0.3) is 0 Å². The molecule has 3 N–H and O–H groups in total. The first-order chi connectivity index (χ1) is 15.5. The zero-order chi connectivity index (χ0) is 22.5. The number of nitrogens with one attached hydrogen (secondary N) is 3. The van der Waals surface area contributed by atoms with Crippen LogP contribution in [0.4, 0.5) is 17.5 Å². The summed E-state index contributed by atoms with van der Waals surface area (Å²) < 4.78 is 0. The Labute approximate surface area is 184 Å². The van der Waals surface area contributed by atoms with Crippen LogP contribution in [0.15, 0.2) is 61.1 Å². The summed E-state index contributed by atoms with van der Waals surface area (Å²) in [6.45, 7) is 2.20. The normalized spacial score (nSPS) is 13.5. The van der Waals surface area contributed by atoms with E-state index < -0.39 is 23.8 Å². The lowest BCUT2D eigenvalue weighted by Crippen LogP contribution is -2.48. The fourth-order valence-electron chi connectivity index (χ4n) is 3.29. The van der Waals surface area contributed by atoms with E-state index in [2.05, 4.69) is 30.9 Å². The van der Waals surface area contributed by atoms with E-state index in [1.165, 1.54) is 13.3 Å². The zero-order valence-corrected chi connectivity index (χ0v) is 17.3. The van der Waals surface area contributed by atoms with Gasteiger partial charge in [-0.15, -0.1) is 0 Å². The van der Waals surface area contributed by atoms with Crippen LogP contribution >= 0.6 is 0 Å². The van der Waals surface area contributed by atoms with Gasteiger partial charge < -0.3 is 16.0 Å². The van der Waals surface area contributed by atoms with E-state index in [0.717, 1.165) is 4.90 Å². The molecule has 4 rings (SSSR count). The Hall–Kier alpha value is -4.34. The summed E-state index contributed by atoms with van der Waals surface area (Å²) in [6.07, 6.45) is 3.09. The van der Waals surface area contributed by atoms with Crippen LogP contribution < -0.4 is 16.0 Å². The molecule has 0 saturated heterocycles. The fourth-order valence-corrected chi connectivity index (χ4v) is 3.29. The molecule has 2 aromatic heterocycles. The first kappa shape index (κ1) is 20.9. The van der Waals surface area contributed by atoms with Crippen LogP contribution in [-0.4, -0.2) is 56.7 Å². The van der Waals surface area contributed by atoms with Crippen molar-refractivity contribution in [2.75, 3.05) is 23.7 Å². The number of imide groups is 1. The van der Waals surface area contributed by atoms with E-state index in [9.17, 15) is 14.4 Å². The third-order valence-electron chi connectivity index (χ3n) is 4.91. The molecule has 32 heavy (non-hydrogen) atoms. The Bertz CT molecular complexity index is 1120. The Morgan fingerprint density at radius 2 is 1.59 bits per heavy atom. The average Bonchev–Trinajstić information content (AvgIpc) is 3.07. The molecule has 1 atom stereocenters. The quantitative estimate of drug-likeness (QED) is 0.364. The van der Waals surface area contributed by atoms with Crippen LogP contribution in [0.3, 0.4) is 0 Å². The van der Waals surface area contributed by atoms with Gasteiger partial charge in [0.25, 0.3) is 11.8 Å². The molecule has 1 aliphatic heterocycles. The van der Waals surface area contributed by atoms with Crippen LogP contribution in [0.5, 0.6) is 0 Å². The molecule has 1 aliphatic rings. The third-order valence-corrected chi connectivity index (χ3v) is 4.91. The number of hydrogen-bond acceptors (Lipinski definition) is 8. The third kappa shape index (κ3) is 4.38. The van der Waals surface area contributed by atoms with Gasteiger partial charge in [-0.25, -0.2) is 15.0 Å². The highest BCUT2D eigenvalue weighted by Crippen LogP contribution is 2.24. The molecule has 0 bridgehead atoms. The Morgan fingerprint density at radius 3 is 2.28 bits per heavy atom. The molecule has 1 unspecified atom stereocenters. The van der Waals surface area contributed by atoms with Crippen molar-refractivity contribution < 1.29 is 14.4 Å². The lowest BCUT2D eigenvalue weighted by atomic mass is 10.1. The van der Waals surface area contributed by atoms with E-state index >= 15 is 0 Å². The van der Waals surface area contributed by atoms with E-state index in [4.69, 9.17) is 0 Å². The number of benzene rings is 1. The molecule has 1 aromatic carbocycles. The predicted octanol–water partition coefficient (Wildman–Crippen LogP) is 1.83. The molecule has 0 aliphatic carbocycles. The number of pyridine rings is 1. The monoisotopic (exact) mass is 431 g/mol.